The summed E-state index contributed by atoms with van der Waals surface area (Å²) in [6.45, 7) is 3.37. The van der Waals surface area contributed by atoms with Crippen LogP contribution in [0.2, 0.25) is 0 Å². The van der Waals surface area contributed by atoms with E-state index in [9.17, 15) is 29.7 Å². The van der Waals surface area contributed by atoms with Crippen molar-refractivity contribution in [3.63, 3.8) is 0 Å². The molecule has 0 spiro atoms. The van der Waals surface area contributed by atoms with E-state index in [2.05, 4.69) is 9.47 Å². The summed E-state index contributed by atoms with van der Waals surface area (Å²) in [5.41, 5.74) is -2.75. The van der Waals surface area contributed by atoms with Gasteiger partial charge in [0, 0.05) is 6.42 Å². The van der Waals surface area contributed by atoms with Crippen LogP contribution in [0.4, 0.5) is 0 Å². The van der Waals surface area contributed by atoms with Crippen LogP contribution in [0.25, 0.3) is 0 Å². The van der Waals surface area contributed by atoms with Crippen LogP contribution in [-0.4, -0.2) is 56.5 Å². The number of aliphatic hydroxyl groups is 3. The van der Waals surface area contributed by atoms with Crippen LogP contribution in [0.3, 0.4) is 0 Å². The second-order valence-electron chi connectivity index (χ2n) is 5.17. The number of carbonyl (C=O) groups excluding carboxylic acids is 2. The predicted octanol–water partition coefficient (Wildman–Crippen LogP) is -0.0927. The molecule has 0 amide bonds. The van der Waals surface area contributed by atoms with Gasteiger partial charge in [-0.2, -0.15) is 0 Å². The molecule has 0 bridgehead atoms. The molecule has 0 aromatic heterocycles. The van der Waals surface area contributed by atoms with Crippen LogP contribution in [0, 0.1) is 0 Å². The topological polar surface area (TPSA) is 151 Å². The summed E-state index contributed by atoms with van der Waals surface area (Å²) in [5.74, 6) is -6.95. The molecule has 1 unspecified atom stereocenters. The van der Waals surface area contributed by atoms with E-state index in [0.717, 1.165) is 6.42 Å². The number of carbonyl (C=O) groups is 3. The molecular weight excluding hydrogens is 312 g/mol. The van der Waals surface area contributed by atoms with Gasteiger partial charge in [-0.1, -0.05) is 19.8 Å². The quantitative estimate of drug-likeness (QED) is 0.230. The standard InChI is InChI=1S/C14H24O9/c1-3-5-6-7-14(20,21)23-11(16)9-13(19,12(17)18)8-10(15)22-4-2/h19-21H,3-9H2,1-2H3,(H,17,18). The summed E-state index contributed by atoms with van der Waals surface area (Å²) in [7, 11) is 0. The fourth-order valence-corrected chi connectivity index (χ4v) is 1.78. The molecule has 9 nitrogen and oxygen atoms in total. The fraction of sp³-hybridized carbons (Fsp3) is 0.786. The first-order chi connectivity index (χ1) is 10.6. The lowest BCUT2D eigenvalue weighted by Gasteiger charge is -2.25. The van der Waals surface area contributed by atoms with E-state index >= 15 is 0 Å². The third-order valence-electron chi connectivity index (χ3n) is 2.96. The minimum atomic E-state index is -2.75. The Balaban J connectivity index is 4.72. The Morgan fingerprint density at radius 3 is 2.00 bits per heavy atom. The highest BCUT2D eigenvalue weighted by Gasteiger charge is 2.43. The lowest BCUT2D eigenvalue weighted by Crippen LogP contribution is -2.45. The first-order valence-electron chi connectivity index (χ1n) is 7.34. The van der Waals surface area contributed by atoms with Crippen LogP contribution in [-0.2, 0) is 23.9 Å². The Morgan fingerprint density at radius 2 is 1.52 bits per heavy atom. The third kappa shape index (κ3) is 8.48. The lowest BCUT2D eigenvalue weighted by molar-refractivity contribution is -0.323. The molecule has 0 aliphatic carbocycles. The Kier molecular flexibility index (Phi) is 8.73. The highest BCUT2D eigenvalue weighted by molar-refractivity contribution is 5.89. The molecule has 0 fully saturated rings. The number of hydrogen-bond donors (Lipinski definition) is 4. The third-order valence-corrected chi connectivity index (χ3v) is 2.96. The van der Waals surface area contributed by atoms with Gasteiger partial charge >= 0.3 is 23.9 Å². The number of aliphatic carboxylic acids is 1. The molecule has 0 aromatic rings. The van der Waals surface area contributed by atoms with E-state index in [1.807, 2.05) is 6.92 Å². The Labute approximate surface area is 133 Å². The molecule has 1 atom stereocenters. The molecule has 0 rings (SSSR count). The minimum absolute atomic E-state index is 0.0210. The molecule has 134 valence electrons. The molecule has 0 aliphatic heterocycles. The first-order valence-corrected chi connectivity index (χ1v) is 7.34. The monoisotopic (exact) mass is 336 g/mol. The van der Waals surface area contributed by atoms with Crippen molar-refractivity contribution in [1.29, 1.82) is 0 Å². The molecule has 9 heteroatoms. The van der Waals surface area contributed by atoms with Crippen LogP contribution < -0.4 is 0 Å². The van der Waals surface area contributed by atoms with Crippen molar-refractivity contribution in [1.82, 2.24) is 0 Å². The summed E-state index contributed by atoms with van der Waals surface area (Å²) in [4.78, 5) is 34.0. The van der Waals surface area contributed by atoms with Gasteiger partial charge in [-0.3, -0.25) is 9.59 Å². The molecular formula is C14H24O9. The molecule has 0 aromatic carbocycles. The normalized spacial score (nSPS) is 14.0. The van der Waals surface area contributed by atoms with Crippen molar-refractivity contribution in [2.75, 3.05) is 6.61 Å². The van der Waals surface area contributed by atoms with Gasteiger partial charge in [-0.05, 0) is 13.3 Å². The van der Waals surface area contributed by atoms with E-state index < -0.39 is 42.3 Å². The number of carboxylic acids is 1. The van der Waals surface area contributed by atoms with Crippen LogP contribution >= 0.6 is 0 Å². The van der Waals surface area contributed by atoms with Crippen LogP contribution in [0.5, 0.6) is 0 Å². The number of ether oxygens (including phenoxy) is 2. The zero-order valence-corrected chi connectivity index (χ0v) is 13.3. The highest BCUT2D eigenvalue weighted by Crippen LogP contribution is 2.21. The number of unbranched alkanes of at least 4 members (excludes halogenated alkanes) is 2. The zero-order chi connectivity index (χ0) is 18.1. The SMILES string of the molecule is CCCCCC(O)(O)OC(=O)CC(O)(CC(=O)OCC)C(=O)O. The second kappa shape index (κ2) is 9.43. The summed E-state index contributed by atoms with van der Waals surface area (Å²) < 4.78 is 8.89. The van der Waals surface area contributed by atoms with Crippen molar-refractivity contribution >= 4 is 17.9 Å². The predicted molar refractivity (Wildman–Crippen MR) is 75.9 cm³/mol. The van der Waals surface area contributed by atoms with Crippen molar-refractivity contribution in [3.05, 3.63) is 0 Å². The molecule has 23 heavy (non-hydrogen) atoms. The zero-order valence-electron chi connectivity index (χ0n) is 13.3. The van der Waals surface area contributed by atoms with Gasteiger partial charge < -0.3 is 29.9 Å². The molecule has 0 radical (unpaired) electrons. The number of carboxylic acid groups (broad SMARTS) is 1. The highest BCUT2D eigenvalue weighted by atomic mass is 16.8. The van der Waals surface area contributed by atoms with E-state index in [-0.39, 0.29) is 13.0 Å². The number of rotatable bonds is 11. The van der Waals surface area contributed by atoms with Gasteiger partial charge in [-0.25, -0.2) is 4.79 Å². The Bertz CT molecular complexity index is 418. The largest absolute Gasteiger partial charge is 0.479 e. The average molecular weight is 336 g/mol. The summed E-state index contributed by atoms with van der Waals surface area (Å²) >= 11 is 0. The van der Waals surface area contributed by atoms with E-state index in [1.54, 1.807) is 0 Å². The average Bonchev–Trinajstić information content (AvgIpc) is 2.37. The van der Waals surface area contributed by atoms with E-state index in [4.69, 9.17) is 5.11 Å². The fourth-order valence-electron chi connectivity index (χ4n) is 1.78. The maximum absolute atomic E-state index is 11.6. The smallest absolute Gasteiger partial charge is 0.336 e. The second-order valence-corrected chi connectivity index (χ2v) is 5.17. The van der Waals surface area contributed by atoms with Crippen molar-refractivity contribution in [2.45, 2.75) is 63.9 Å². The van der Waals surface area contributed by atoms with Crippen molar-refractivity contribution in [2.24, 2.45) is 0 Å². The van der Waals surface area contributed by atoms with Gasteiger partial charge in [0.1, 0.15) is 0 Å². The molecule has 0 saturated carbocycles. The lowest BCUT2D eigenvalue weighted by atomic mass is 9.96. The summed E-state index contributed by atoms with van der Waals surface area (Å²) in [6, 6.07) is 0. The maximum atomic E-state index is 11.6. The van der Waals surface area contributed by atoms with Gasteiger partial charge in [0.05, 0.1) is 19.4 Å². The van der Waals surface area contributed by atoms with Gasteiger partial charge in [0.2, 0.25) is 0 Å². The van der Waals surface area contributed by atoms with Crippen LogP contribution in [0.1, 0.15) is 52.4 Å². The Hall–Kier alpha value is -1.71. The van der Waals surface area contributed by atoms with E-state index in [0.29, 0.717) is 12.8 Å². The van der Waals surface area contributed by atoms with E-state index in [1.165, 1.54) is 6.92 Å². The molecule has 0 aliphatic rings. The number of esters is 2. The van der Waals surface area contributed by atoms with Gasteiger partial charge in [0.25, 0.3) is 0 Å². The Morgan fingerprint density at radius 1 is 0.957 bits per heavy atom. The summed E-state index contributed by atoms with van der Waals surface area (Å²) in [6.07, 6.45) is -0.480. The minimum Gasteiger partial charge on any atom is -0.479 e. The van der Waals surface area contributed by atoms with Gasteiger partial charge in [0.15, 0.2) is 5.60 Å². The van der Waals surface area contributed by atoms with Crippen molar-refractivity contribution < 1.29 is 44.3 Å². The maximum Gasteiger partial charge on any atom is 0.336 e. The molecule has 0 saturated heterocycles. The van der Waals surface area contributed by atoms with Gasteiger partial charge in [-0.15, -0.1) is 0 Å². The van der Waals surface area contributed by atoms with Crippen LogP contribution in [0.15, 0.2) is 0 Å². The first kappa shape index (κ1) is 21.3. The number of hydrogen-bond acceptors (Lipinski definition) is 8. The van der Waals surface area contributed by atoms with Crippen molar-refractivity contribution in [3.8, 4) is 0 Å². The summed E-state index contributed by atoms with van der Waals surface area (Å²) in [5, 5.41) is 37.9. The molecule has 0 heterocycles. The molecule has 4 N–H and O–H groups in total.